The van der Waals surface area contributed by atoms with Crippen LogP contribution in [0.2, 0.25) is 6.32 Å². The Labute approximate surface area is 53.7 Å². The second kappa shape index (κ2) is 4.58. The first kappa shape index (κ1) is 8.71. The highest BCUT2D eigenvalue weighted by Gasteiger charge is 2.03. The predicted molar refractivity (Wildman–Crippen MR) is 34.3 cm³/mol. The first-order valence-corrected chi connectivity index (χ1v) is 2.52. The van der Waals surface area contributed by atoms with Gasteiger partial charge in [-0.3, -0.25) is 0 Å². The molecule has 0 radical (unpaired) electrons. The first-order valence-electron chi connectivity index (χ1n) is 2.52. The Morgan fingerprint density at radius 2 is 1.67 bits per heavy atom. The molecule has 0 amide bonds. The van der Waals surface area contributed by atoms with Gasteiger partial charge in [0, 0.05) is 0 Å². The molecular formula is C3H8B2O4. The van der Waals surface area contributed by atoms with E-state index in [0.29, 0.717) is 0 Å². The minimum absolute atomic E-state index is 0.0115. The van der Waals surface area contributed by atoms with Crippen molar-refractivity contribution < 1.29 is 20.1 Å². The van der Waals surface area contributed by atoms with E-state index < -0.39 is 14.2 Å². The van der Waals surface area contributed by atoms with Crippen LogP contribution in [0.25, 0.3) is 0 Å². The molecule has 0 unspecified atom stereocenters. The van der Waals surface area contributed by atoms with Gasteiger partial charge in [0.2, 0.25) is 0 Å². The Kier molecular flexibility index (Phi) is 4.43. The second-order valence-electron chi connectivity index (χ2n) is 1.56. The SMILES string of the molecule is OB(O)/C=C/CB(O)O. The second-order valence-corrected chi connectivity index (χ2v) is 1.56. The lowest BCUT2D eigenvalue weighted by Gasteiger charge is -1.88. The third-order valence-corrected chi connectivity index (χ3v) is 0.655. The largest absolute Gasteiger partial charge is 0.480 e. The van der Waals surface area contributed by atoms with Crippen molar-refractivity contribution >= 4 is 14.2 Å². The van der Waals surface area contributed by atoms with Gasteiger partial charge < -0.3 is 20.1 Å². The van der Waals surface area contributed by atoms with E-state index in [0.717, 1.165) is 5.98 Å². The summed E-state index contributed by atoms with van der Waals surface area (Å²) in [4.78, 5) is 0. The van der Waals surface area contributed by atoms with Crippen LogP contribution < -0.4 is 0 Å². The summed E-state index contributed by atoms with van der Waals surface area (Å²) in [6, 6.07) is 0. The third kappa shape index (κ3) is 7.71. The van der Waals surface area contributed by atoms with E-state index in [1.807, 2.05) is 0 Å². The summed E-state index contributed by atoms with van der Waals surface area (Å²) in [6.45, 7) is 0. The molecule has 0 spiro atoms. The molecule has 0 atom stereocenters. The van der Waals surface area contributed by atoms with Crippen molar-refractivity contribution in [3.05, 3.63) is 12.1 Å². The number of hydrogen-bond donors (Lipinski definition) is 4. The van der Waals surface area contributed by atoms with Crippen LogP contribution in [0.3, 0.4) is 0 Å². The molecule has 0 aliphatic carbocycles. The summed E-state index contributed by atoms with van der Waals surface area (Å²) in [5.74, 6) is 1.06. The zero-order chi connectivity index (χ0) is 7.28. The van der Waals surface area contributed by atoms with Gasteiger partial charge in [-0.25, -0.2) is 0 Å². The molecule has 0 aliphatic rings. The normalized spacial score (nSPS) is 10.2. The maximum atomic E-state index is 8.21. The van der Waals surface area contributed by atoms with Crippen LogP contribution in [0, 0.1) is 0 Å². The fourth-order valence-electron chi connectivity index (χ4n) is 0.322. The fourth-order valence-corrected chi connectivity index (χ4v) is 0.322. The van der Waals surface area contributed by atoms with Crippen LogP contribution in [0.5, 0.6) is 0 Å². The van der Waals surface area contributed by atoms with E-state index in [2.05, 4.69) is 0 Å². The predicted octanol–water partition coefficient (Wildman–Crippen LogP) is -1.97. The molecule has 50 valence electrons. The number of hydrogen-bond acceptors (Lipinski definition) is 4. The van der Waals surface area contributed by atoms with E-state index in [9.17, 15) is 0 Å². The Morgan fingerprint density at radius 1 is 1.11 bits per heavy atom. The van der Waals surface area contributed by atoms with Crippen LogP contribution >= 0.6 is 0 Å². The Balaban J connectivity index is 3.25. The molecular weight excluding hydrogens is 122 g/mol. The van der Waals surface area contributed by atoms with Crippen LogP contribution in [0.15, 0.2) is 12.1 Å². The molecule has 0 aromatic heterocycles. The Bertz CT molecular complexity index is 91.8. The summed E-state index contributed by atoms with van der Waals surface area (Å²) in [5, 5.41) is 32.8. The van der Waals surface area contributed by atoms with Gasteiger partial charge in [0.1, 0.15) is 0 Å². The van der Waals surface area contributed by atoms with Gasteiger partial charge in [0.15, 0.2) is 0 Å². The van der Waals surface area contributed by atoms with Crippen LogP contribution in [0.1, 0.15) is 0 Å². The van der Waals surface area contributed by atoms with Crippen molar-refractivity contribution in [2.24, 2.45) is 0 Å². The lowest BCUT2D eigenvalue weighted by Crippen LogP contribution is -2.10. The lowest BCUT2D eigenvalue weighted by atomic mass is 9.82. The maximum absolute atomic E-state index is 8.21. The van der Waals surface area contributed by atoms with Gasteiger partial charge in [0.05, 0.1) is 0 Å². The first-order chi connectivity index (χ1) is 4.13. The number of rotatable bonds is 3. The minimum Gasteiger partial charge on any atom is -0.427 e. The fraction of sp³-hybridized carbons (Fsp3) is 0.333. The molecule has 6 heteroatoms. The molecule has 0 heterocycles. The van der Waals surface area contributed by atoms with Gasteiger partial charge in [0.25, 0.3) is 0 Å². The molecule has 0 bridgehead atoms. The van der Waals surface area contributed by atoms with Gasteiger partial charge in [-0.15, -0.1) is 0 Å². The van der Waals surface area contributed by atoms with Crippen molar-refractivity contribution in [2.45, 2.75) is 6.32 Å². The van der Waals surface area contributed by atoms with Gasteiger partial charge >= 0.3 is 14.2 Å². The van der Waals surface area contributed by atoms with E-state index in [-0.39, 0.29) is 6.32 Å². The molecule has 0 rings (SSSR count). The smallest absolute Gasteiger partial charge is 0.427 e. The van der Waals surface area contributed by atoms with Gasteiger partial charge in [-0.1, -0.05) is 12.1 Å². The summed E-state index contributed by atoms with van der Waals surface area (Å²) < 4.78 is 0. The molecule has 0 aromatic carbocycles. The Morgan fingerprint density at radius 3 is 2.00 bits per heavy atom. The van der Waals surface area contributed by atoms with Crippen molar-refractivity contribution in [3.63, 3.8) is 0 Å². The van der Waals surface area contributed by atoms with Crippen molar-refractivity contribution in [3.8, 4) is 0 Å². The highest BCUT2D eigenvalue weighted by molar-refractivity contribution is 6.48. The van der Waals surface area contributed by atoms with E-state index >= 15 is 0 Å². The third-order valence-electron chi connectivity index (χ3n) is 0.655. The molecule has 0 aliphatic heterocycles. The standard InChI is InChI=1S/C3H8B2O4/c6-4(7)2-1-3-5(8)9/h1-2,6-9H,3H2/b2-1+. The molecule has 9 heavy (non-hydrogen) atoms. The van der Waals surface area contributed by atoms with Crippen LogP contribution in [-0.4, -0.2) is 34.3 Å². The minimum atomic E-state index is -1.51. The molecule has 0 aromatic rings. The van der Waals surface area contributed by atoms with E-state index in [1.54, 1.807) is 0 Å². The topological polar surface area (TPSA) is 80.9 Å². The summed E-state index contributed by atoms with van der Waals surface area (Å²) >= 11 is 0. The van der Waals surface area contributed by atoms with Crippen LogP contribution in [0.4, 0.5) is 0 Å². The summed E-state index contributed by atoms with van der Waals surface area (Å²) in [5.41, 5.74) is 0. The molecule has 0 saturated heterocycles. The summed E-state index contributed by atoms with van der Waals surface area (Å²) in [7, 11) is -2.93. The van der Waals surface area contributed by atoms with Crippen LogP contribution in [-0.2, 0) is 0 Å². The number of allylic oxidation sites excluding steroid dienone is 1. The average molecular weight is 130 g/mol. The highest BCUT2D eigenvalue weighted by Crippen LogP contribution is 1.86. The van der Waals surface area contributed by atoms with Gasteiger partial charge in [-0.2, -0.15) is 0 Å². The molecule has 0 saturated carbocycles. The van der Waals surface area contributed by atoms with Crippen molar-refractivity contribution in [1.82, 2.24) is 0 Å². The maximum Gasteiger partial charge on any atom is 0.480 e. The monoisotopic (exact) mass is 130 g/mol. The van der Waals surface area contributed by atoms with E-state index in [4.69, 9.17) is 20.1 Å². The van der Waals surface area contributed by atoms with Crippen molar-refractivity contribution in [2.75, 3.05) is 0 Å². The highest BCUT2D eigenvalue weighted by atomic mass is 16.4. The molecule has 4 nitrogen and oxygen atoms in total. The zero-order valence-corrected chi connectivity index (χ0v) is 4.81. The quantitative estimate of drug-likeness (QED) is 0.334. The molecule has 0 fully saturated rings. The van der Waals surface area contributed by atoms with E-state index in [1.165, 1.54) is 6.08 Å². The lowest BCUT2D eigenvalue weighted by molar-refractivity contribution is 0.411. The zero-order valence-electron chi connectivity index (χ0n) is 4.81. The Hall–Kier alpha value is -0.290. The summed E-state index contributed by atoms with van der Waals surface area (Å²) in [6.07, 6.45) is 1.28. The van der Waals surface area contributed by atoms with Crippen molar-refractivity contribution in [1.29, 1.82) is 0 Å². The molecule has 4 N–H and O–H groups in total. The average Bonchev–Trinajstić information content (AvgIpc) is 1.63. The van der Waals surface area contributed by atoms with Gasteiger partial charge in [-0.05, 0) is 6.32 Å².